The van der Waals surface area contributed by atoms with Gasteiger partial charge in [0, 0.05) is 31.3 Å². The fraction of sp³-hybridized carbons (Fsp3) is 0.533. The highest BCUT2D eigenvalue weighted by molar-refractivity contribution is 5.79. The van der Waals surface area contributed by atoms with Crippen molar-refractivity contribution in [2.24, 2.45) is 5.92 Å². The molecule has 112 valence electrons. The van der Waals surface area contributed by atoms with E-state index in [0.29, 0.717) is 18.4 Å². The molecule has 2 aliphatic rings. The SMILES string of the molecule is O=C(Cc1ccc([N+](=O)[O-])cc1)N1C[C@@H]2CCCN[C@@H]2C1. The number of nitro groups is 1. The molecule has 0 saturated carbocycles. The molecule has 1 aromatic rings. The van der Waals surface area contributed by atoms with E-state index in [1.54, 1.807) is 12.1 Å². The predicted molar refractivity (Wildman–Crippen MR) is 77.9 cm³/mol. The van der Waals surface area contributed by atoms with E-state index in [4.69, 9.17) is 0 Å². The third-order valence-electron chi connectivity index (χ3n) is 4.45. The van der Waals surface area contributed by atoms with Crippen LogP contribution in [0.4, 0.5) is 5.69 Å². The van der Waals surface area contributed by atoms with E-state index in [9.17, 15) is 14.9 Å². The number of hydrogen-bond donors (Lipinski definition) is 1. The third-order valence-corrected chi connectivity index (χ3v) is 4.45. The quantitative estimate of drug-likeness (QED) is 0.673. The van der Waals surface area contributed by atoms with Crippen molar-refractivity contribution < 1.29 is 9.72 Å². The summed E-state index contributed by atoms with van der Waals surface area (Å²) in [4.78, 5) is 24.4. The monoisotopic (exact) mass is 289 g/mol. The maximum Gasteiger partial charge on any atom is 0.269 e. The summed E-state index contributed by atoms with van der Waals surface area (Å²) in [5.74, 6) is 0.694. The smallest absolute Gasteiger partial charge is 0.269 e. The molecule has 1 aromatic carbocycles. The van der Waals surface area contributed by atoms with Crippen molar-refractivity contribution in [1.29, 1.82) is 0 Å². The molecule has 0 aromatic heterocycles. The zero-order valence-corrected chi connectivity index (χ0v) is 11.8. The minimum Gasteiger partial charge on any atom is -0.341 e. The van der Waals surface area contributed by atoms with Gasteiger partial charge in [-0.15, -0.1) is 0 Å². The highest BCUT2D eigenvalue weighted by Crippen LogP contribution is 2.25. The summed E-state index contributed by atoms with van der Waals surface area (Å²) in [6.45, 7) is 2.67. The van der Waals surface area contributed by atoms with Crippen molar-refractivity contribution in [3.8, 4) is 0 Å². The summed E-state index contributed by atoms with van der Waals surface area (Å²) in [6, 6.07) is 6.68. The van der Waals surface area contributed by atoms with Gasteiger partial charge in [-0.05, 0) is 30.9 Å². The standard InChI is InChI=1S/C15H19N3O3/c19-15(8-11-3-5-13(6-4-11)18(20)21)17-9-12-2-1-7-16-14(12)10-17/h3-6,12,14,16H,1-2,7-10H2/t12-,14+/m0/s1. The maximum absolute atomic E-state index is 12.3. The molecule has 1 N–H and O–H groups in total. The van der Waals surface area contributed by atoms with Crippen LogP contribution in [0.2, 0.25) is 0 Å². The van der Waals surface area contributed by atoms with Crippen LogP contribution in [-0.4, -0.2) is 41.4 Å². The number of amides is 1. The highest BCUT2D eigenvalue weighted by atomic mass is 16.6. The van der Waals surface area contributed by atoms with Crippen LogP contribution in [0.15, 0.2) is 24.3 Å². The molecular weight excluding hydrogens is 270 g/mol. The number of nitrogens with zero attached hydrogens (tertiary/aromatic N) is 2. The van der Waals surface area contributed by atoms with Crippen molar-refractivity contribution in [3.63, 3.8) is 0 Å². The van der Waals surface area contributed by atoms with Gasteiger partial charge in [-0.3, -0.25) is 14.9 Å². The number of fused-ring (bicyclic) bond motifs is 1. The van der Waals surface area contributed by atoms with Crippen LogP contribution in [0.3, 0.4) is 0 Å². The number of nitrogens with one attached hydrogen (secondary N) is 1. The second-order valence-corrected chi connectivity index (χ2v) is 5.86. The summed E-state index contributed by atoms with van der Waals surface area (Å²) >= 11 is 0. The van der Waals surface area contributed by atoms with Gasteiger partial charge >= 0.3 is 0 Å². The number of benzene rings is 1. The first-order valence-electron chi connectivity index (χ1n) is 7.38. The second kappa shape index (κ2) is 5.81. The maximum atomic E-state index is 12.3. The summed E-state index contributed by atoms with van der Waals surface area (Å²) in [6.07, 6.45) is 2.70. The lowest BCUT2D eigenvalue weighted by atomic mass is 9.94. The van der Waals surface area contributed by atoms with E-state index in [-0.39, 0.29) is 11.6 Å². The first kappa shape index (κ1) is 14.0. The van der Waals surface area contributed by atoms with E-state index < -0.39 is 4.92 Å². The highest BCUT2D eigenvalue weighted by Gasteiger charge is 2.36. The van der Waals surface area contributed by atoms with Gasteiger partial charge in [0.25, 0.3) is 5.69 Å². The first-order valence-corrected chi connectivity index (χ1v) is 7.38. The van der Waals surface area contributed by atoms with Crippen molar-refractivity contribution in [2.45, 2.75) is 25.3 Å². The van der Waals surface area contributed by atoms with Crippen LogP contribution in [-0.2, 0) is 11.2 Å². The summed E-state index contributed by atoms with van der Waals surface area (Å²) in [5.41, 5.74) is 0.885. The van der Waals surface area contributed by atoms with E-state index >= 15 is 0 Å². The van der Waals surface area contributed by atoms with Crippen molar-refractivity contribution in [2.75, 3.05) is 19.6 Å². The van der Waals surface area contributed by atoms with Gasteiger partial charge in [0.1, 0.15) is 0 Å². The molecular formula is C15H19N3O3. The molecule has 3 rings (SSSR count). The Morgan fingerprint density at radius 3 is 2.76 bits per heavy atom. The Hall–Kier alpha value is -1.95. The molecule has 2 atom stereocenters. The number of hydrogen-bond acceptors (Lipinski definition) is 4. The zero-order valence-electron chi connectivity index (χ0n) is 11.8. The Labute approximate surface area is 123 Å². The van der Waals surface area contributed by atoms with Crippen LogP contribution in [0, 0.1) is 16.0 Å². The summed E-state index contributed by atoms with van der Waals surface area (Å²) in [5, 5.41) is 14.1. The molecule has 0 radical (unpaired) electrons. The van der Waals surface area contributed by atoms with Crippen molar-refractivity contribution in [3.05, 3.63) is 39.9 Å². The Balaban J connectivity index is 1.60. The lowest BCUT2D eigenvalue weighted by molar-refractivity contribution is -0.384. The normalized spacial score (nSPS) is 24.7. The zero-order chi connectivity index (χ0) is 14.8. The summed E-state index contributed by atoms with van der Waals surface area (Å²) in [7, 11) is 0. The Morgan fingerprint density at radius 1 is 1.33 bits per heavy atom. The molecule has 0 spiro atoms. The van der Waals surface area contributed by atoms with Gasteiger partial charge in [0.05, 0.1) is 11.3 Å². The number of rotatable bonds is 3. The molecule has 0 aliphatic carbocycles. The predicted octanol–water partition coefficient (Wildman–Crippen LogP) is 1.35. The molecule has 21 heavy (non-hydrogen) atoms. The molecule has 2 saturated heterocycles. The second-order valence-electron chi connectivity index (χ2n) is 5.86. The molecule has 1 amide bonds. The van der Waals surface area contributed by atoms with E-state index in [0.717, 1.165) is 25.2 Å². The Kier molecular flexibility index (Phi) is 3.88. The van der Waals surface area contributed by atoms with Crippen LogP contribution >= 0.6 is 0 Å². The summed E-state index contributed by atoms with van der Waals surface area (Å²) < 4.78 is 0. The molecule has 2 fully saturated rings. The number of likely N-dealkylation sites (tertiary alicyclic amines) is 1. The van der Waals surface area contributed by atoms with E-state index in [2.05, 4.69) is 5.32 Å². The van der Waals surface area contributed by atoms with Crippen LogP contribution in [0.1, 0.15) is 18.4 Å². The molecule has 0 unspecified atom stereocenters. The van der Waals surface area contributed by atoms with Gasteiger partial charge in [-0.1, -0.05) is 12.1 Å². The minimum atomic E-state index is -0.428. The fourth-order valence-electron chi connectivity index (χ4n) is 3.27. The molecule has 0 bridgehead atoms. The lowest BCUT2D eigenvalue weighted by Gasteiger charge is -2.24. The molecule has 6 nitrogen and oxygen atoms in total. The average molecular weight is 289 g/mol. The van der Waals surface area contributed by atoms with Crippen molar-refractivity contribution in [1.82, 2.24) is 10.2 Å². The van der Waals surface area contributed by atoms with Crippen LogP contribution < -0.4 is 5.32 Å². The molecule has 6 heteroatoms. The fourth-order valence-corrected chi connectivity index (χ4v) is 3.27. The van der Waals surface area contributed by atoms with Gasteiger partial charge < -0.3 is 10.2 Å². The van der Waals surface area contributed by atoms with E-state index in [1.807, 2.05) is 4.90 Å². The number of piperidine rings is 1. The largest absolute Gasteiger partial charge is 0.341 e. The number of carbonyl (C=O) groups excluding carboxylic acids is 1. The number of carbonyl (C=O) groups is 1. The molecule has 2 heterocycles. The van der Waals surface area contributed by atoms with Crippen LogP contribution in [0.25, 0.3) is 0 Å². The lowest BCUT2D eigenvalue weighted by Crippen LogP contribution is -2.41. The van der Waals surface area contributed by atoms with E-state index in [1.165, 1.54) is 25.0 Å². The van der Waals surface area contributed by atoms with Gasteiger partial charge in [0.2, 0.25) is 5.91 Å². The third kappa shape index (κ3) is 3.05. The topological polar surface area (TPSA) is 75.5 Å². The van der Waals surface area contributed by atoms with Gasteiger partial charge in [-0.2, -0.15) is 0 Å². The number of non-ortho nitro benzene ring substituents is 1. The molecule has 2 aliphatic heterocycles. The Bertz CT molecular complexity index is 530. The van der Waals surface area contributed by atoms with Gasteiger partial charge in [0.15, 0.2) is 0 Å². The van der Waals surface area contributed by atoms with Crippen LogP contribution in [0.5, 0.6) is 0 Å². The first-order chi connectivity index (χ1) is 10.1. The Morgan fingerprint density at radius 2 is 2.10 bits per heavy atom. The van der Waals surface area contributed by atoms with Gasteiger partial charge in [-0.25, -0.2) is 0 Å². The minimum absolute atomic E-state index is 0.0580. The van der Waals surface area contributed by atoms with Crippen molar-refractivity contribution >= 4 is 11.6 Å². The number of nitro benzene ring substituents is 1. The average Bonchev–Trinajstić information content (AvgIpc) is 2.92.